The number of rotatable bonds is 5. The Morgan fingerprint density at radius 1 is 1.38 bits per heavy atom. The fourth-order valence-corrected chi connectivity index (χ4v) is 3.03. The van der Waals surface area contributed by atoms with E-state index >= 15 is 0 Å². The third-order valence-corrected chi connectivity index (χ3v) is 4.27. The van der Waals surface area contributed by atoms with Crippen LogP contribution in [0.15, 0.2) is 30.5 Å². The Balaban J connectivity index is 0.00000300. The molecule has 1 aromatic heterocycles. The van der Waals surface area contributed by atoms with E-state index in [2.05, 4.69) is 15.7 Å². The number of halogens is 4. The molecule has 3 rings (SSSR count). The number of hydrogen-bond donors (Lipinski definition) is 2. The van der Waals surface area contributed by atoms with Crippen LogP contribution in [0.2, 0.25) is 0 Å². The molecule has 2 N–H and O–H groups in total. The summed E-state index contributed by atoms with van der Waals surface area (Å²) in [6.07, 6.45) is -2.41. The first kappa shape index (κ1) is 22.7. The monoisotopic (exact) mass is 432 g/mol. The molecule has 0 aliphatic carbocycles. The van der Waals surface area contributed by atoms with E-state index in [9.17, 15) is 22.8 Å². The maximum absolute atomic E-state index is 13.6. The maximum Gasteiger partial charge on any atom is 0.434 e. The van der Waals surface area contributed by atoms with Gasteiger partial charge in [0.15, 0.2) is 5.69 Å². The zero-order valence-electron chi connectivity index (χ0n) is 15.5. The third kappa shape index (κ3) is 5.07. The van der Waals surface area contributed by atoms with Crippen molar-refractivity contribution in [1.29, 1.82) is 0 Å². The number of hydrogen-bond acceptors (Lipinski definition) is 5. The first-order valence-corrected chi connectivity index (χ1v) is 8.78. The fraction of sp³-hybridized carbons (Fsp3) is 0.389. The lowest BCUT2D eigenvalue weighted by molar-refractivity contribution is -0.143. The van der Waals surface area contributed by atoms with Crippen LogP contribution in [0.1, 0.15) is 35.8 Å². The van der Waals surface area contributed by atoms with Crippen molar-refractivity contribution in [3.05, 3.63) is 41.7 Å². The summed E-state index contributed by atoms with van der Waals surface area (Å²) in [6.45, 7) is 2.19. The minimum Gasteiger partial charge on any atom is -0.462 e. The molecule has 0 saturated carbocycles. The van der Waals surface area contributed by atoms with Gasteiger partial charge in [0, 0.05) is 5.69 Å². The zero-order chi connectivity index (χ0) is 20.3. The van der Waals surface area contributed by atoms with Gasteiger partial charge in [0.05, 0.1) is 24.5 Å². The van der Waals surface area contributed by atoms with Gasteiger partial charge in [-0.3, -0.25) is 4.79 Å². The Hall–Kier alpha value is -2.59. The Bertz CT molecular complexity index is 879. The van der Waals surface area contributed by atoms with E-state index in [1.54, 1.807) is 6.07 Å². The molecular formula is C18H20ClF3N4O3. The molecule has 2 aromatic rings. The van der Waals surface area contributed by atoms with E-state index in [0.717, 1.165) is 19.2 Å². The summed E-state index contributed by atoms with van der Waals surface area (Å²) in [5.41, 5.74) is -1.51. The fourth-order valence-electron chi connectivity index (χ4n) is 3.03. The average molecular weight is 433 g/mol. The second kappa shape index (κ2) is 9.27. The van der Waals surface area contributed by atoms with Gasteiger partial charge >= 0.3 is 12.1 Å². The standard InChI is InChI=1S/C18H19F3N4O3.ClH/c1-2-28-17(27)13-10-23-25(15(13)18(19,20)21)12-6-3-5-11(9-12)24-16(26)14-7-4-8-22-14;/h3,5-6,9-10,14,22H,2,4,7-8H2,1H3,(H,24,26);1H. The molecule has 1 saturated heterocycles. The lowest BCUT2D eigenvalue weighted by Crippen LogP contribution is -2.35. The molecule has 11 heteroatoms. The van der Waals surface area contributed by atoms with Gasteiger partial charge < -0.3 is 15.4 Å². The quantitative estimate of drug-likeness (QED) is 0.709. The summed E-state index contributed by atoms with van der Waals surface area (Å²) in [7, 11) is 0. The van der Waals surface area contributed by atoms with E-state index in [4.69, 9.17) is 4.74 Å². The predicted octanol–water partition coefficient (Wildman–Crippen LogP) is 3.18. The van der Waals surface area contributed by atoms with Crippen LogP contribution in [0, 0.1) is 0 Å². The summed E-state index contributed by atoms with van der Waals surface area (Å²) in [5, 5.41) is 9.46. The van der Waals surface area contributed by atoms with Crippen LogP contribution in [-0.4, -0.2) is 40.9 Å². The molecule has 1 aliphatic rings. The van der Waals surface area contributed by atoms with Crippen LogP contribution >= 0.6 is 12.4 Å². The Labute approximate surface area is 171 Å². The predicted molar refractivity (Wildman–Crippen MR) is 101 cm³/mol. The van der Waals surface area contributed by atoms with Gasteiger partial charge in [0.1, 0.15) is 5.56 Å². The molecule has 158 valence electrons. The summed E-state index contributed by atoms with van der Waals surface area (Å²) in [6, 6.07) is 5.51. The molecule has 2 heterocycles. The molecule has 0 spiro atoms. The lowest BCUT2D eigenvalue weighted by atomic mass is 10.2. The van der Waals surface area contributed by atoms with Crippen molar-refractivity contribution < 1.29 is 27.5 Å². The van der Waals surface area contributed by atoms with Gasteiger partial charge in [-0.15, -0.1) is 12.4 Å². The molecule has 1 aliphatic heterocycles. The number of carbonyl (C=O) groups excluding carboxylic acids is 2. The van der Waals surface area contributed by atoms with Crippen LogP contribution < -0.4 is 10.6 Å². The number of esters is 1. The summed E-state index contributed by atoms with van der Waals surface area (Å²) < 4.78 is 46.1. The number of alkyl halides is 3. The van der Waals surface area contributed by atoms with Crippen molar-refractivity contribution in [3.8, 4) is 5.69 Å². The molecular weight excluding hydrogens is 413 g/mol. The highest BCUT2D eigenvalue weighted by Crippen LogP contribution is 2.34. The van der Waals surface area contributed by atoms with E-state index in [1.165, 1.54) is 25.1 Å². The minimum absolute atomic E-state index is 0. The van der Waals surface area contributed by atoms with Crippen LogP contribution in [0.5, 0.6) is 0 Å². The number of nitrogens with one attached hydrogen (secondary N) is 2. The van der Waals surface area contributed by atoms with Crippen LogP contribution in [0.3, 0.4) is 0 Å². The minimum atomic E-state index is -4.83. The number of carbonyl (C=O) groups is 2. The molecule has 1 unspecified atom stereocenters. The van der Waals surface area contributed by atoms with Gasteiger partial charge in [0.25, 0.3) is 0 Å². The van der Waals surface area contributed by atoms with Crippen LogP contribution in [0.25, 0.3) is 5.69 Å². The smallest absolute Gasteiger partial charge is 0.434 e. The molecule has 1 fully saturated rings. The van der Waals surface area contributed by atoms with Gasteiger partial charge in [-0.05, 0) is 44.5 Å². The highest BCUT2D eigenvalue weighted by molar-refractivity contribution is 5.95. The molecule has 0 radical (unpaired) electrons. The average Bonchev–Trinajstić information content (AvgIpc) is 3.31. The summed E-state index contributed by atoms with van der Waals surface area (Å²) >= 11 is 0. The normalized spacial score (nSPS) is 16.2. The number of nitrogens with zero attached hydrogens (tertiary/aromatic N) is 2. The number of amides is 1. The van der Waals surface area contributed by atoms with Crippen molar-refractivity contribution in [2.75, 3.05) is 18.5 Å². The second-order valence-corrected chi connectivity index (χ2v) is 6.23. The Kier molecular flexibility index (Phi) is 7.26. The third-order valence-electron chi connectivity index (χ3n) is 4.27. The number of benzene rings is 1. The molecule has 29 heavy (non-hydrogen) atoms. The molecule has 1 aromatic carbocycles. The molecule has 1 amide bonds. The zero-order valence-corrected chi connectivity index (χ0v) is 16.3. The van der Waals surface area contributed by atoms with Gasteiger partial charge in [-0.25, -0.2) is 9.48 Å². The Morgan fingerprint density at radius 2 is 2.14 bits per heavy atom. The highest BCUT2D eigenvalue weighted by Gasteiger charge is 2.41. The SMILES string of the molecule is CCOC(=O)c1cnn(-c2cccc(NC(=O)C3CCCN3)c2)c1C(F)(F)F.Cl. The van der Waals surface area contributed by atoms with E-state index in [-0.39, 0.29) is 36.7 Å². The van der Waals surface area contributed by atoms with Gasteiger partial charge in [-0.2, -0.15) is 18.3 Å². The number of anilines is 1. The first-order valence-electron chi connectivity index (χ1n) is 8.78. The van der Waals surface area contributed by atoms with Crippen molar-refractivity contribution in [2.45, 2.75) is 32.0 Å². The molecule has 0 bridgehead atoms. The molecule has 7 nitrogen and oxygen atoms in total. The van der Waals surface area contributed by atoms with Crippen LogP contribution in [-0.2, 0) is 15.7 Å². The van der Waals surface area contributed by atoms with Crippen molar-refractivity contribution >= 4 is 30.0 Å². The molecule has 1 atom stereocenters. The Morgan fingerprint density at radius 3 is 2.76 bits per heavy atom. The highest BCUT2D eigenvalue weighted by atomic mass is 35.5. The first-order chi connectivity index (χ1) is 13.3. The van der Waals surface area contributed by atoms with Gasteiger partial charge in [-0.1, -0.05) is 6.07 Å². The largest absolute Gasteiger partial charge is 0.462 e. The maximum atomic E-state index is 13.6. The van der Waals surface area contributed by atoms with Crippen LogP contribution in [0.4, 0.5) is 18.9 Å². The van der Waals surface area contributed by atoms with Gasteiger partial charge in [0.2, 0.25) is 5.91 Å². The second-order valence-electron chi connectivity index (χ2n) is 6.23. The van der Waals surface area contributed by atoms with E-state index < -0.39 is 23.4 Å². The van der Waals surface area contributed by atoms with E-state index in [0.29, 0.717) is 16.8 Å². The van der Waals surface area contributed by atoms with Crippen molar-refractivity contribution in [1.82, 2.24) is 15.1 Å². The topological polar surface area (TPSA) is 85.2 Å². The summed E-state index contributed by atoms with van der Waals surface area (Å²) in [4.78, 5) is 24.1. The van der Waals surface area contributed by atoms with E-state index in [1.807, 2.05) is 0 Å². The number of aromatic nitrogens is 2. The van der Waals surface area contributed by atoms with Crippen molar-refractivity contribution in [2.24, 2.45) is 0 Å². The van der Waals surface area contributed by atoms with Crippen molar-refractivity contribution in [3.63, 3.8) is 0 Å². The summed E-state index contributed by atoms with van der Waals surface area (Å²) in [5.74, 6) is -1.35. The number of ether oxygens (including phenoxy) is 1. The lowest BCUT2D eigenvalue weighted by Gasteiger charge is -2.14.